The molecular weight excluding hydrogens is 236 g/mol. The van der Waals surface area contributed by atoms with E-state index in [1.807, 2.05) is 0 Å². The average Bonchev–Trinajstić information content (AvgIpc) is 3.00. The van der Waals surface area contributed by atoms with E-state index in [0.29, 0.717) is 22.7 Å². The topological polar surface area (TPSA) is 42.0 Å². The maximum atomic E-state index is 11.9. The Balaban J connectivity index is 1.89. The van der Waals surface area contributed by atoms with Crippen molar-refractivity contribution in [3.8, 4) is 0 Å². The van der Waals surface area contributed by atoms with Crippen molar-refractivity contribution in [1.29, 1.82) is 0 Å². The lowest BCUT2D eigenvalue weighted by Gasteiger charge is -2.06. The highest BCUT2D eigenvalue weighted by Crippen LogP contribution is 2.43. The van der Waals surface area contributed by atoms with Crippen LogP contribution in [0.2, 0.25) is 5.02 Å². The quantitative estimate of drug-likeness (QED) is 0.893. The molecule has 1 aromatic heterocycles. The predicted molar refractivity (Wildman–Crippen MR) is 68.9 cm³/mol. The first kappa shape index (κ1) is 12.4. The number of carbonyl (C=O) groups excluding carboxylic acids is 1. The molecule has 1 fully saturated rings. The SMILES string of the molecule is CC(C)C[C@@H]1C[C@H]1C(=O)Nc1ncccc1Cl. The molecule has 1 N–H and O–H groups in total. The second-order valence-electron chi connectivity index (χ2n) is 5.05. The monoisotopic (exact) mass is 252 g/mol. The molecule has 17 heavy (non-hydrogen) atoms. The first-order chi connectivity index (χ1) is 8.08. The summed E-state index contributed by atoms with van der Waals surface area (Å²) < 4.78 is 0. The van der Waals surface area contributed by atoms with Crippen molar-refractivity contribution in [2.45, 2.75) is 26.7 Å². The van der Waals surface area contributed by atoms with Gasteiger partial charge in [0.2, 0.25) is 5.91 Å². The molecule has 1 aliphatic carbocycles. The minimum absolute atomic E-state index is 0.0521. The van der Waals surface area contributed by atoms with E-state index in [2.05, 4.69) is 24.1 Å². The Hall–Kier alpha value is -1.09. The second-order valence-corrected chi connectivity index (χ2v) is 5.46. The summed E-state index contributed by atoms with van der Waals surface area (Å²) in [5.41, 5.74) is 0. The van der Waals surface area contributed by atoms with Gasteiger partial charge in [0.15, 0.2) is 5.82 Å². The third kappa shape index (κ3) is 3.19. The van der Waals surface area contributed by atoms with Gasteiger partial charge in [0.05, 0.1) is 5.02 Å². The van der Waals surface area contributed by atoms with Crippen LogP contribution in [-0.4, -0.2) is 10.9 Å². The zero-order chi connectivity index (χ0) is 12.4. The molecule has 3 nitrogen and oxygen atoms in total. The van der Waals surface area contributed by atoms with Crippen molar-refractivity contribution in [3.05, 3.63) is 23.4 Å². The van der Waals surface area contributed by atoms with Crippen LogP contribution in [0.25, 0.3) is 0 Å². The van der Waals surface area contributed by atoms with Gasteiger partial charge in [-0.15, -0.1) is 0 Å². The van der Waals surface area contributed by atoms with Gasteiger partial charge in [-0.1, -0.05) is 25.4 Å². The molecular formula is C13H17ClN2O. The Bertz CT molecular complexity index is 420. The maximum Gasteiger partial charge on any atom is 0.228 e. The van der Waals surface area contributed by atoms with E-state index < -0.39 is 0 Å². The predicted octanol–water partition coefficient (Wildman–Crippen LogP) is 3.36. The largest absolute Gasteiger partial charge is 0.309 e. The van der Waals surface area contributed by atoms with Gasteiger partial charge in [0.1, 0.15) is 0 Å². The molecule has 1 heterocycles. The van der Waals surface area contributed by atoms with E-state index in [1.54, 1.807) is 18.3 Å². The average molecular weight is 253 g/mol. The Morgan fingerprint density at radius 2 is 2.41 bits per heavy atom. The summed E-state index contributed by atoms with van der Waals surface area (Å²) in [6.07, 6.45) is 3.74. The molecule has 4 heteroatoms. The van der Waals surface area contributed by atoms with Crippen molar-refractivity contribution in [2.24, 2.45) is 17.8 Å². The number of hydrogen-bond acceptors (Lipinski definition) is 2. The fraction of sp³-hybridized carbons (Fsp3) is 0.538. The van der Waals surface area contributed by atoms with Crippen LogP contribution in [0.1, 0.15) is 26.7 Å². The summed E-state index contributed by atoms with van der Waals surface area (Å²) in [4.78, 5) is 16.0. The summed E-state index contributed by atoms with van der Waals surface area (Å²) in [5.74, 6) is 1.86. The molecule has 0 bridgehead atoms. The third-order valence-electron chi connectivity index (χ3n) is 3.03. The van der Waals surface area contributed by atoms with Crippen molar-refractivity contribution < 1.29 is 4.79 Å². The number of anilines is 1. The van der Waals surface area contributed by atoms with Gasteiger partial charge in [-0.25, -0.2) is 4.98 Å². The van der Waals surface area contributed by atoms with Gasteiger partial charge in [-0.3, -0.25) is 4.79 Å². The lowest BCUT2D eigenvalue weighted by molar-refractivity contribution is -0.117. The molecule has 92 valence electrons. The first-order valence-electron chi connectivity index (χ1n) is 5.99. The Morgan fingerprint density at radius 3 is 3.06 bits per heavy atom. The molecule has 0 aromatic carbocycles. The standard InChI is InChI=1S/C13H17ClN2O/c1-8(2)6-9-7-10(9)13(17)16-12-11(14)4-3-5-15-12/h3-5,8-10H,6-7H2,1-2H3,(H,15,16,17)/t9-,10-/m1/s1. The van der Waals surface area contributed by atoms with Crippen molar-refractivity contribution in [3.63, 3.8) is 0 Å². The summed E-state index contributed by atoms with van der Waals surface area (Å²) in [5, 5.41) is 3.28. The van der Waals surface area contributed by atoms with Crippen LogP contribution in [0.3, 0.4) is 0 Å². The third-order valence-corrected chi connectivity index (χ3v) is 3.34. The van der Waals surface area contributed by atoms with Crippen LogP contribution >= 0.6 is 11.6 Å². The number of nitrogens with zero attached hydrogens (tertiary/aromatic N) is 1. The van der Waals surface area contributed by atoms with Crippen molar-refractivity contribution in [1.82, 2.24) is 4.98 Å². The lowest BCUT2D eigenvalue weighted by Crippen LogP contribution is -2.16. The molecule has 1 aliphatic rings. The van der Waals surface area contributed by atoms with Crippen LogP contribution in [0.5, 0.6) is 0 Å². The molecule has 2 atom stereocenters. The zero-order valence-electron chi connectivity index (χ0n) is 10.1. The highest BCUT2D eigenvalue weighted by atomic mass is 35.5. The van der Waals surface area contributed by atoms with E-state index >= 15 is 0 Å². The summed E-state index contributed by atoms with van der Waals surface area (Å²) in [6.45, 7) is 4.37. The number of carbonyl (C=O) groups is 1. The molecule has 2 rings (SSSR count). The highest BCUT2D eigenvalue weighted by Gasteiger charge is 2.42. The fourth-order valence-corrected chi connectivity index (χ4v) is 2.29. The van der Waals surface area contributed by atoms with E-state index in [-0.39, 0.29) is 11.8 Å². The molecule has 0 unspecified atom stereocenters. The maximum absolute atomic E-state index is 11.9. The van der Waals surface area contributed by atoms with Crippen LogP contribution in [-0.2, 0) is 4.79 Å². The van der Waals surface area contributed by atoms with Gasteiger partial charge < -0.3 is 5.32 Å². The van der Waals surface area contributed by atoms with Crippen LogP contribution in [0.15, 0.2) is 18.3 Å². The van der Waals surface area contributed by atoms with E-state index in [0.717, 1.165) is 12.8 Å². The summed E-state index contributed by atoms with van der Waals surface area (Å²) in [7, 11) is 0. The van der Waals surface area contributed by atoms with E-state index in [1.165, 1.54) is 0 Å². The van der Waals surface area contributed by atoms with Crippen LogP contribution in [0.4, 0.5) is 5.82 Å². The molecule has 1 aromatic rings. The molecule has 0 spiro atoms. The lowest BCUT2D eigenvalue weighted by atomic mass is 10.1. The molecule has 1 saturated carbocycles. The number of hydrogen-bond donors (Lipinski definition) is 1. The minimum Gasteiger partial charge on any atom is -0.309 e. The van der Waals surface area contributed by atoms with Crippen molar-refractivity contribution in [2.75, 3.05) is 5.32 Å². The van der Waals surface area contributed by atoms with Gasteiger partial charge in [-0.2, -0.15) is 0 Å². The van der Waals surface area contributed by atoms with E-state index in [4.69, 9.17) is 11.6 Å². The van der Waals surface area contributed by atoms with Crippen LogP contribution in [0, 0.1) is 17.8 Å². The number of halogens is 1. The van der Waals surface area contributed by atoms with Gasteiger partial charge >= 0.3 is 0 Å². The summed E-state index contributed by atoms with van der Waals surface area (Å²) >= 11 is 5.94. The fourth-order valence-electron chi connectivity index (χ4n) is 2.12. The molecule has 0 aliphatic heterocycles. The van der Waals surface area contributed by atoms with Crippen molar-refractivity contribution >= 4 is 23.3 Å². The Labute approximate surface area is 107 Å². The molecule has 1 amide bonds. The Morgan fingerprint density at radius 1 is 1.65 bits per heavy atom. The normalized spacial score (nSPS) is 22.6. The van der Waals surface area contributed by atoms with E-state index in [9.17, 15) is 4.79 Å². The van der Waals surface area contributed by atoms with Crippen LogP contribution < -0.4 is 5.32 Å². The number of nitrogens with one attached hydrogen (secondary N) is 1. The number of rotatable bonds is 4. The zero-order valence-corrected chi connectivity index (χ0v) is 10.9. The number of aromatic nitrogens is 1. The molecule has 0 saturated heterocycles. The summed E-state index contributed by atoms with van der Waals surface area (Å²) in [6, 6.07) is 3.47. The number of pyridine rings is 1. The van der Waals surface area contributed by atoms with Gasteiger partial charge in [-0.05, 0) is 36.8 Å². The first-order valence-corrected chi connectivity index (χ1v) is 6.37. The molecule has 0 radical (unpaired) electrons. The minimum atomic E-state index is 0.0521. The van der Waals surface area contributed by atoms with Gasteiger partial charge in [0, 0.05) is 12.1 Å². The smallest absolute Gasteiger partial charge is 0.228 e. The second kappa shape index (κ2) is 5.05. The Kier molecular flexibility index (Phi) is 3.67. The number of amides is 1. The highest BCUT2D eigenvalue weighted by molar-refractivity contribution is 6.33. The van der Waals surface area contributed by atoms with Gasteiger partial charge in [0.25, 0.3) is 0 Å².